The van der Waals surface area contributed by atoms with E-state index in [-0.39, 0.29) is 0 Å². The molecule has 72 valence electrons. The molecule has 1 aliphatic carbocycles. The molecule has 0 aromatic carbocycles. The molecular weight excluding hydrogens is 178 g/mol. The Bertz CT molecular complexity index is 471. The van der Waals surface area contributed by atoms with Crippen molar-refractivity contribution in [2.24, 2.45) is 0 Å². The fourth-order valence-corrected chi connectivity index (χ4v) is 1.62. The molecule has 0 amide bonds. The number of aromatic nitrogens is 4. The quantitative estimate of drug-likeness (QED) is 0.746. The van der Waals surface area contributed by atoms with Crippen molar-refractivity contribution in [1.29, 1.82) is 0 Å². The summed E-state index contributed by atoms with van der Waals surface area (Å²) >= 11 is 0. The third-order valence-corrected chi connectivity index (χ3v) is 2.50. The van der Waals surface area contributed by atoms with Crippen LogP contribution in [0.3, 0.4) is 0 Å². The SMILES string of the molecule is CNc1nc(C2CC2)c2[nH]cnc2n1. The Labute approximate surface area is 81.0 Å². The number of anilines is 1. The van der Waals surface area contributed by atoms with E-state index in [1.807, 2.05) is 7.05 Å². The van der Waals surface area contributed by atoms with E-state index in [2.05, 4.69) is 25.3 Å². The van der Waals surface area contributed by atoms with E-state index >= 15 is 0 Å². The van der Waals surface area contributed by atoms with E-state index in [1.54, 1.807) is 6.33 Å². The van der Waals surface area contributed by atoms with Crippen molar-refractivity contribution >= 4 is 17.1 Å². The van der Waals surface area contributed by atoms with E-state index in [0.717, 1.165) is 16.9 Å². The Hall–Kier alpha value is -1.65. The molecule has 2 heterocycles. The summed E-state index contributed by atoms with van der Waals surface area (Å²) in [5.41, 5.74) is 2.86. The number of hydrogen-bond donors (Lipinski definition) is 2. The normalized spacial score (nSPS) is 16.1. The summed E-state index contributed by atoms with van der Waals surface area (Å²) in [7, 11) is 1.82. The number of H-pyrrole nitrogens is 1. The maximum atomic E-state index is 4.46. The van der Waals surface area contributed by atoms with Crippen LogP contribution >= 0.6 is 0 Å². The molecule has 0 radical (unpaired) electrons. The topological polar surface area (TPSA) is 66.5 Å². The molecule has 2 aromatic heterocycles. The van der Waals surface area contributed by atoms with Gasteiger partial charge in [-0.2, -0.15) is 4.98 Å². The van der Waals surface area contributed by atoms with Gasteiger partial charge in [-0.1, -0.05) is 0 Å². The summed E-state index contributed by atoms with van der Waals surface area (Å²) in [5, 5.41) is 2.96. The highest BCUT2D eigenvalue weighted by molar-refractivity contribution is 5.75. The summed E-state index contributed by atoms with van der Waals surface area (Å²) in [6.07, 6.45) is 4.13. The average molecular weight is 189 g/mol. The van der Waals surface area contributed by atoms with Crippen molar-refractivity contribution in [3.05, 3.63) is 12.0 Å². The predicted octanol–water partition coefficient (Wildman–Crippen LogP) is 1.27. The summed E-state index contributed by atoms with van der Waals surface area (Å²) in [5.74, 6) is 1.26. The summed E-state index contributed by atoms with van der Waals surface area (Å²) in [6.45, 7) is 0. The fraction of sp³-hybridized carbons (Fsp3) is 0.444. The summed E-state index contributed by atoms with van der Waals surface area (Å²) in [6, 6.07) is 0. The minimum atomic E-state index is 0.605. The lowest BCUT2D eigenvalue weighted by Gasteiger charge is -2.02. The smallest absolute Gasteiger partial charge is 0.224 e. The molecule has 5 heteroatoms. The molecule has 2 aromatic rings. The molecule has 0 atom stereocenters. The predicted molar refractivity (Wildman–Crippen MR) is 53.2 cm³/mol. The Kier molecular flexibility index (Phi) is 1.47. The molecule has 1 saturated carbocycles. The molecule has 2 N–H and O–H groups in total. The molecule has 14 heavy (non-hydrogen) atoms. The van der Waals surface area contributed by atoms with Gasteiger partial charge in [0.25, 0.3) is 0 Å². The Morgan fingerprint density at radius 1 is 1.43 bits per heavy atom. The number of imidazole rings is 1. The maximum absolute atomic E-state index is 4.46. The van der Waals surface area contributed by atoms with Crippen LogP contribution in [0.2, 0.25) is 0 Å². The van der Waals surface area contributed by atoms with E-state index in [0.29, 0.717) is 11.9 Å². The zero-order valence-corrected chi connectivity index (χ0v) is 7.91. The highest BCUT2D eigenvalue weighted by atomic mass is 15.1. The van der Waals surface area contributed by atoms with E-state index in [9.17, 15) is 0 Å². The van der Waals surface area contributed by atoms with Crippen LogP contribution in [-0.4, -0.2) is 27.0 Å². The third kappa shape index (κ3) is 1.05. The van der Waals surface area contributed by atoms with Gasteiger partial charge in [0.05, 0.1) is 12.0 Å². The zero-order valence-electron chi connectivity index (χ0n) is 7.91. The molecular formula is C9H11N5. The highest BCUT2D eigenvalue weighted by Crippen LogP contribution is 2.41. The van der Waals surface area contributed by atoms with Gasteiger partial charge in [-0.05, 0) is 12.8 Å². The van der Waals surface area contributed by atoms with Crippen molar-refractivity contribution in [3.8, 4) is 0 Å². The van der Waals surface area contributed by atoms with Crippen LogP contribution in [0, 0.1) is 0 Å². The van der Waals surface area contributed by atoms with Gasteiger partial charge in [-0.15, -0.1) is 0 Å². The molecule has 5 nitrogen and oxygen atoms in total. The van der Waals surface area contributed by atoms with Gasteiger partial charge in [0.1, 0.15) is 5.52 Å². The molecule has 0 aliphatic heterocycles. The number of nitrogens with zero attached hydrogens (tertiary/aromatic N) is 3. The van der Waals surface area contributed by atoms with Crippen LogP contribution in [0.15, 0.2) is 6.33 Å². The Balaban J connectivity index is 2.26. The fourth-order valence-electron chi connectivity index (χ4n) is 1.62. The van der Waals surface area contributed by atoms with E-state index < -0.39 is 0 Å². The Morgan fingerprint density at radius 3 is 3.00 bits per heavy atom. The molecule has 3 rings (SSSR count). The number of nitrogens with one attached hydrogen (secondary N) is 2. The van der Waals surface area contributed by atoms with Gasteiger partial charge in [-0.25, -0.2) is 9.97 Å². The second-order valence-electron chi connectivity index (χ2n) is 3.56. The van der Waals surface area contributed by atoms with Crippen molar-refractivity contribution in [2.75, 3.05) is 12.4 Å². The van der Waals surface area contributed by atoms with Crippen LogP contribution in [0.5, 0.6) is 0 Å². The lowest BCUT2D eigenvalue weighted by Crippen LogP contribution is -2.00. The second kappa shape index (κ2) is 2.67. The van der Waals surface area contributed by atoms with Gasteiger partial charge >= 0.3 is 0 Å². The van der Waals surface area contributed by atoms with Gasteiger partial charge in [0, 0.05) is 13.0 Å². The first kappa shape index (κ1) is 7.73. The Morgan fingerprint density at radius 2 is 2.29 bits per heavy atom. The van der Waals surface area contributed by atoms with Crippen molar-refractivity contribution < 1.29 is 0 Å². The first-order valence-corrected chi connectivity index (χ1v) is 4.77. The van der Waals surface area contributed by atoms with Crippen LogP contribution in [-0.2, 0) is 0 Å². The molecule has 0 spiro atoms. The second-order valence-corrected chi connectivity index (χ2v) is 3.56. The number of aromatic amines is 1. The first-order valence-electron chi connectivity index (χ1n) is 4.77. The van der Waals surface area contributed by atoms with E-state index in [4.69, 9.17) is 0 Å². The monoisotopic (exact) mass is 189 g/mol. The van der Waals surface area contributed by atoms with Gasteiger partial charge in [0.15, 0.2) is 5.65 Å². The van der Waals surface area contributed by atoms with Crippen LogP contribution < -0.4 is 5.32 Å². The molecule has 1 aliphatic rings. The maximum Gasteiger partial charge on any atom is 0.224 e. The standard InChI is InChI=1S/C9H11N5/c1-10-9-13-6(5-2-3-5)7-8(14-9)12-4-11-7/h4-5H,2-3H2,1H3,(H2,10,11,12,13,14). The number of hydrogen-bond acceptors (Lipinski definition) is 4. The van der Waals surface area contributed by atoms with Gasteiger partial charge in [0.2, 0.25) is 5.95 Å². The minimum Gasteiger partial charge on any atom is -0.357 e. The molecule has 0 bridgehead atoms. The van der Waals surface area contributed by atoms with Crippen molar-refractivity contribution in [3.63, 3.8) is 0 Å². The molecule has 0 unspecified atom stereocenters. The van der Waals surface area contributed by atoms with Crippen LogP contribution in [0.25, 0.3) is 11.2 Å². The van der Waals surface area contributed by atoms with Crippen molar-refractivity contribution in [2.45, 2.75) is 18.8 Å². The largest absolute Gasteiger partial charge is 0.357 e. The van der Waals surface area contributed by atoms with E-state index in [1.165, 1.54) is 12.8 Å². The lowest BCUT2D eigenvalue weighted by molar-refractivity contribution is 1.01. The lowest BCUT2D eigenvalue weighted by atomic mass is 10.2. The number of rotatable bonds is 2. The zero-order chi connectivity index (χ0) is 9.54. The summed E-state index contributed by atoms with van der Waals surface area (Å²) < 4.78 is 0. The van der Waals surface area contributed by atoms with Gasteiger partial charge < -0.3 is 10.3 Å². The average Bonchev–Trinajstić information content (AvgIpc) is 2.95. The summed E-state index contributed by atoms with van der Waals surface area (Å²) in [4.78, 5) is 16.0. The minimum absolute atomic E-state index is 0.605. The van der Waals surface area contributed by atoms with Crippen LogP contribution in [0.4, 0.5) is 5.95 Å². The highest BCUT2D eigenvalue weighted by Gasteiger charge is 2.28. The van der Waals surface area contributed by atoms with Crippen LogP contribution in [0.1, 0.15) is 24.5 Å². The third-order valence-electron chi connectivity index (χ3n) is 2.50. The number of fused-ring (bicyclic) bond motifs is 1. The molecule has 0 saturated heterocycles. The van der Waals surface area contributed by atoms with Gasteiger partial charge in [-0.3, -0.25) is 0 Å². The van der Waals surface area contributed by atoms with Crippen molar-refractivity contribution in [1.82, 2.24) is 19.9 Å². The molecule has 1 fully saturated rings. The first-order chi connectivity index (χ1) is 6.88.